The fourth-order valence-electron chi connectivity index (χ4n) is 2.38. The number of Topliss-reactive ketones (excluding diaryl/α,β-unsaturated/α-hetero) is 1. The van der Waals surface area contributed by atoms with Gasteiger partial charge >= 0.3 is 0 Å². The van der Waals surface area contributed by atoms with Crippen LogP contribution in [0.2, 0.25) is 0 Å². The van der Waals surface area contributed by atoms with Crippen molar-refractivity contribution < 1.29 is 9.53 Å². The van der Waals surface area contributed by atoms with Crippen molar-refractivity contribution >= 4 is 5.78 Å². The largest absolute Gasteiger partial charge is 0.493 e. The zero-order valence-corrected chi connectivity index (χ0v) is 11.7. The lowest BCUT2D eigenvalue weighted by Crippen LogP contribution is -2.34. The highest BCUT2D eigenvalue weighted by atomic mass is 16.5. The third kappa shape index (κ3) is 3.33. The third-order valence-electron chi connectivity index (χ3n) is 3.39. The Kier molecular flexibility index (Phi) is 4.93. The lowest BCUT2D eigenvalue weighted by atomic mass is 10.2. The first kappa shape index (κ1) is 14.0. The minimum absolute atomic E-state index is 0.0816. The van der Waals surface area contributed by atoms with Gasteiger partial charge in [-0.15, -0.1) is 0 Å². The number of hydrogen-bond donors (Lipinski definition) is 1. The molecule has 0 saturated carbocycles. The van der Waals surface area contributed by atoms with Gasteiger partial charge in [0.25, 0.3) is 0 Å². The van der Waals surface area contributed by atoms with Gasteiger partial charge in [0.2, 0.25) is 0 Å². The quantitative estimate of drug-likeness (QED) is 0.781. The highest BCUT2D eigenvalue weighted by Gasteiger charge is 2.21. The molecule has 1 aromatic rings. The molecule has 0 bridgehead atoms. The predicted octanol–water partition coefficient (Wildman–Crippen LogP) is 0.390. The lowest BCUT2D eigenvalue weighted by Gasteiger charge is -2.18. The number of methoxy groups -OCH3 is 1. The predicted molar refractivity (Wildman–Crippen MR) is 72.7 cm³/mol. The van der Waals surface area contributed by atoms with E-state index in [2.05, 4.69) is 15.3 Å². The van der Waals surface area contributed by atoms with Crippen LogP contribution in [-0.2, 0) is 6.54 Å². The number of aromatic nitrogens is 2. The summed E-state index contributed by atoms with van der Waals surface area (Å²) >= 11 is 0. The maximum absolute atomic E-state index is 12.4. The van der Waals surface area contributed by atoms with Crippen molar-refractivity contribution in [2.24, 2.45) is 0 Å². The number of nitrogens with zero attached hydrogens (tertiary/aromatic N) is 3. The molecule has 0 aliphatic carbocycles. The number of hydrogen-bond acceptors (Lipinski definition) is 5. The van der Waals surface area contributed by atoms with Gasteiger partial charge in [-0.2, -0.15) is 5.10 Å². The fourth-order valence-corrected chi connectivity index (χ4v) is 2.38. The maximum Gasteiger partial charge on any atom is 0.198 e. The van der Waals surface area contributed by atoms with E-state index in [1.165, 1.54) is 0 Å². The summed E-state index contributed by atoms with van der Waals surface area (Å²) in [5, 5.41) is 7.51. The summed E-state index contributed by atoms with van der Waals surface area (Å²) in [6.07, 6.45) is 2.69. The van der Waals surface area contributed by atoms with Crippen LogP contribution in [0.15, 0.2) is 6.20 Å². The van der Waals surface area contributed by atoms with Crippen LogP contribution in [0.3, 0.4) is 0 Å². The van der Waals surface area contributed by atoms with Crippen LogP contribution < -0.4 is 10.1 Å². The van der Waals surface area contributed by atoms with Crippen molar-refractivity contribution in [2.75, 3.05) is 39.8 Å². The van der Waals surface area contributed by atoms with Crippen molar-refractivity contribution in [1.82, 2.24) is 20.0 Å². The molecule has 1 saturated heterocycles. The second kappa shape index (κ2) is 6.68. The summed E-state index contributed by atoms with van der Waals surface area (Å²) in [5.41, 5.74) is 0.585. The SMILES string of the molecule is CCn1ncc(OC)c1C(=O)CN1CCCNCC1. The first-order chi connectivity index (χ1) is 9.26. The average Bonchev–Trinajstić information content (AvgIpc) is 2.68. The number of aryl methyl sites for hydroxylation is 1. The van der Waals surface area contributed by atoms with Crippen LogP contribution in [0.4, 0.5) is 0 Å². The van der Waals surface area contributed by atoms with Crippen LogP contribution in [0.1, 0.15) is 23.8 Å². The van der Waals surface area contributed by atoms with Crippen LogP contribution in [0.5, 0.6) is 5.75 Å². The summed E-state index contributed by atoms with van der Waals surface area (Å²) in [7, 11) is 1.57. The molecule has 0 unspecified atom stereocenters. The van der Waals surface area contributed by atoms with Gasteiger partial charge in [-0.25, -0.2) is 0 Å². The molecule has 6 nitrogen and oxygen atoms in total. The summed E-state index contributed by atoms with van der Waals surface area (Å²) in [4.78, 5) is 14.6. The van der Waals surface area contributed by atoms with Crippen molar-refractivity contribution in [1.29, 1.82) is 0 Å². The van der Waals surface area contributed by atoms with Gasteiger partial charge in [0.1, 0.15) is 5.69 Å². The van der Waals surface area contributed by atoms with Gasteiger partial charge in [-0.3, -0.25) is 14.4 Å². The van der Waals surface area contributed by atoms with Crippen LogP contribution >= 0.6 is 0 Å². The number of nitrogens with one attached hydrogen (secondary N) is 1. The standard InChI is InChI=1S/C13H22N4O2/c1-3-17-13(12(19-2)9-15-17)11(18)10-16-7-4-5-14-6-8-16/h9,14H,3-8,10H2,1-2H3. The van der Waals surface area contributed by atoms with Crippen molar-refractivity contribution in [3.8, 4) is 5.75 Å². The third-order valence-corrected chi connectivity index (χ3v) is 3.39. The van der Waals surface area contributed by atoms with E-state index >= 15 is 0 Å². The average molecular weight is 266 g/mol. The molecule has 0 atom stereocenters. The zero-order chi connectivity index (χ0) is 13.7. The van der Waals surface area contributed by atoms with Crippen LogP contribution in [0, 0.1) is 0 Å². The molecule has 0 amide bonds. The van der Waals surface area contributed by atoms with E-state index < -0.39 is 0 Å². The maximum atomic E-state index is 12.4. The molecular weight excluding hydrogens is 244 g/mol. The molecule has 1 aliphatic heterocycles. The number of rotatable bonds is 5. The second-order valence-corrected chi connectivity index (χ2v) is 4.68. The van der Waals surface area contributed by atoms with Gasteiger partial charge in [-0.05, 0) is 26.4 Å². The molecule has 6 heteroatoms. The molecule has 2 rings (SSSR count). The molecule has 1 aromatic heterocycles. The van der Waals surface area contributed by atoms with E-state index in [-0.39, 0.29) is 5.78 Å². The van der Waals surface area contributed by atoms with Crippen LogP contribution in [-0.4, -0.2) is 60.3 Å². The molecule has 0 radical (unpaired) electrons. The van der Waals surface area contributed by atoms with E-state index in [1.54, 1.807) is 18.0 Å². The van der Waals surface area contributed by atoms with Crippen molar-refractivity contribution in [2.45, 2.75) is 19.9 Å². The Labute approximate surface area is 113 Å². The Morgan fingerprint density at radius 3 is 3.05 bits per heavy atom. The highest BCUT2D eigenvalue weighted by Crippen LogP contribution is 2.18. The smallest absolute Gasteiger partial charge is 0.198 e. The van der Waals surface area contributed by atoms with E-state index in [9.17, 15) is 4.79 Å². The monoisotopic (exact) mass is 266 g/mol. The molecular formula is C13H22N4O2. The molecule has 1 N–H and O–H groups in total. The van der Waals surface area contributed by atoms with Gasteiger partial charge in [0.05, 0.1) is 19.9 Å². The Bertz CT molecular complexity index is 401. The fraction of sp³-hybridized carbons (Fsp3) is 0.692. The second-order valence-electron chi connectivity index (χ2n) is 4.68. The molecule has 0 spiro atoms. The molecule has 2 heterocycles. The Morgan fingerprint density at radius 1 is 1.47 bits per heavy atom. The summed E-state index contributed by atoms with van der Waals surface area (Å²) in [5.74, 6) is 0.651. The van der Waals surface area contributed by atoms with E-state index in [0.29, 0.717) is 24.5 Å². The van der Waals surface area contributed by atoms with Gasteiger partial charge in [0, 0.05) is 19.6 Å². The first-order valence-corrected chi connectivity index (χ1v) is 6.82. The molecule has 1 aliphatic rings. The summed E-state index contributed by atoms with van der Waals surface area (Å²) < 4.78 is 6.93. The number of carbonyl (C=O) groups is 1. The Hall–Kier alpha value is -1.40. The molecule has 0 aromatic carbocycles. The Balaban J connectivity index is 2.08. The van der Waals surface area contributed by atoms with Gasteiger partial charge in [-0.1, -0.05) is 0 Å². The van der Waals surface area contributed by atoms with E-state index in [0.717, 1.165) is 32.6 Å². The van der Waals surface area contributed by atoms with Crippen LogP contribution in [0.25, 0.3) is 0 Å². The number of ketones is 1. The molecule has 106 valence electrons. The number of carbonyl (C=O) groups excluding carboxylic acids is 1. The Morgan fingerprint density at radius 2 is 2.32 bits per heavy atom. The topological polar surface area (TPSA) is 59.4 Å². The normalized spacial score (nSPS) is 17.2. The minimum Gasteiger partial charge on any atom is -0.493 e. The first-order valence-electron chi connectivity index (χ1n) is 6.82. The molecule has 1 fully saturated rings. The van der Waals surface area contributed by atoms with Crippen molar-refractivity contribution in [3.05, 3.63) is 11.9 Å². The zero-order valence-electron chi connectivity index (χ0n) is 11.7. The molecule has 19 heavy (non-hydrogen) atoms. The lowest BCUT2D eigenvalue weighted by molar-refractivity contribution is 0.0921. The van der Waals surface area contributed by atoms with Gasteiger partial charge in [0.15, 0.2) is 11.5 Å². The van der Waals surface area contributed by atoms with E-state index in [4.69, 9.17) is 4.74 Å². The minimum atomic E-state index is 0.0816. The summed E-state index contributed by atoms with van der Waals surface area (Å²) in [6, 6.07) is 0. The number of ether oxygens (including phenoxy) is 1. The summed E-state index contributed by atoms with van der Waals surface area (Å²) in [6.45, 7) is 6.92. The van der Waals surface area contributed by atoms with Crippen molar-refractivity contribution in [3.63, 3.8) is 0 Å². The van der Waals surface area contributed by atoms with Gasteiger partial charge < -0.3 is 10.1 Å². The van der Waals surface area contributed by atoms with E-state index in [1.807, 2.05) is 6.92 Å². The highest BCUT2D eigenvalue weighted by molar-refractivity contribution is 5.98.